The van der Waals surface area contributed by atoms with Crippen molar-refractivity contribution < 1.29 is 19.0 Å². The number of carbonyl (C=O) groups is 1. The highest BCUT2D eigenvalue weighted by atomic mass is 16.7. The molecule has 4 heterocycles. The SMILES string of the molecule is Cc1nc(-c2nnn(C)c2COC2CCO2)ccc1C1=CC(=O)COC1. The zero-order valence-electron chi connectivity index (χ0n) is 14.8. The zero-order chi connectivity index (χ0) is 18.1. The fraction of sp³-hybridized carbons (Fsp3) is 0.444. The van der Waals surface area contributed by atoms with Gasteiger partial charge in [0.2, 0.25) is 0 Å². The van der Waals surface area contributed by atoms with E-state index < -0.39 is 0 Å². The molecule has 0 aliphatic carbocycles. The molecule has 0 radical (unpaired) electrons. The van der Waals surface area contributed by atoms with Crippen LogP contribution in [0.25, 0.3) is 17.0 Å². The normalized spacial score (nSPS) is 20.0. The summed E-state index contributed by atoms with van der Waals surface area (Å²) in [5.74, 6) is -0.0266. The molecule has 2 aliphatic rings. The van der Waals surface area contributed by atoms with E-state index in [2.05, 4.69) is 15.3 Å². The molecule has 136 valence electrons. The van der Waals surface area contributed by atoms with Gasteiger partial charge in [0.25, 0.3) is 0 Å². The number of hydrogen-bond acceptors (Lipinski definition) is 7. The van der Waals surface area contributed by atoms with Gasteiger partial charge in [0, 0.05) is 24.7 Å². The molecule has 1 atom stereocenters. The van der Waals surface area contributed by atoms with Crippen LogP contribution in [0.3, 0.4) is 0 Å². The number of hydrogen-bond donors (Lipinski definition) is 0. The lowest BCUT2D eigenvalue weighted by Crippen LogP contribution is -2.29. The average Bonchev–Trinajstić information content (AvgIpc) is 2.94. The molecule has 0 amide bonds. The largest absolute Gasteiger partial charge is 0.369 e. The highest BCUT2D eigenvalue weighted by Gasteiger charge is 2.22. The van der Waals surface area contributed by atoms with Crippen LogP contribution in [0.1, 0.15) is 23.4 Å². The predicted molar refractivity (Wildman–Crippen MR) is 91.9 cm³/mol. The van der Waals surface area contributed by atoms with Gasteiger partial charge in [0.05, 0.1) is 31.2 Å². The number of rotatable bonds is 5. The Morgan fingerprint density at radius 1 is 1.35 bits per heavy atom. The van der Waals surface area contributed by atoms with E-state index in [1.54, 1.807) is 10.8 Å². The van der Waals surface area contributed by atoms with Crippen molar-refractivity contribution in [3.63, 3.8) is 0 Å². The summed E-state index contributed by atoms with van der Waals surface area (Å²) < 4.78 is 18.0. The molecule has 26 heavy (non-hydrogen) atoms. The van der Waals surface area contributed by atoms with Crippen molar-refractivity contribution in [1.82, 2.24) is 20.0 Å². The first-order valence-electron chi connectivity index (χ1n) is 8.53. The molecular weight excluding hydrogens is 336 g/mol. The van der Waals surface area contributed by atoms with E-state index in [0.29, 0.717) is 18.9 Å². The second-order valence-electron chi connectivity index (χ2n) is 6.37. The molecule has 0 spiro atoms. The summed E-state index contributed by atoms with van der Waals surface area (Å²) in [6.07, 6.45) is 2.39. The van der Waals surface area contributed by atoms with Crippen LogP contribution in [0.4, 0.5) is 0 Å². The van der Waals surface area contributed by atoms with Crippen molar-refractivity contribution in [3.8, 4) is 11.4 Å². The highest BCUT2D eigenvalue weighted by molar-refractivity contribution is 5.99. The first-order valence-corrected chi connectivity index (χ1v) is 8.53. The monoisotopic (exact) mass is 356 g/mol. The van der Waals surface area contributed by atoms with Crippen LogP contribution >= 0.6 is 0 Å². The first-order chi connectivity index (χ1) is 12.6. The van der Waals surface area contributed by atoms with E-state index in [9.17, 15) is 4.79 Å². The maximum atomic E-state index is 11.6. The van der Waals surface area contributed by atoms with Crippen molar-refractivity contribution in [3.05, 3.63) is 35.2 Å². The van der Waals surface area contributed by atoms with E-state index in [4.69, 9.17) is 14.2 Å². The third kappa shape index (κ3) is 3.31. The lowest BCUT2D eigenvalue weighted by atomic mass is 10.0. The summed E-state index contributed by atoms with van der Waals surface area (Å²) in [7, 11) is 1.83. The predicted octanol–water partition coefficient (Wildman–Crippen LogP) is 1.43. The van der Waals surface area contributed by atoms with Gasteiger partial charge in [-0.15, -0.1) is 5.10 Å². The number of ether oxygens (including phenoxy) is 3. The summed E-state index contributed by atoms with van der Waals surface area (Å²) in [6, 6.07) is 3.83. The van der Waals surface area contributed by atoms with Gasteiger partial charge in [-0.2, -0.15) is 0 Å². The molecule has 2 aromatic heterocycles. The van der Waals surface area contributed by atoms with Crippen LogP contribution in [-0.2, 0) is 32.7 Å². The van der Waals surface area contributed by atoms with Crippen molar-refractivity contribution in [2.75, 3.05) is 19.8 Å². The van der Waals surface area contributed by atoms with Crippen molar-refractivity contribution in [1.29, 1.82) is 0 Å². The van der Waals surface area contributed by atoms with Crippen LogP contribution in [0.2, 0.25) is 0 Å². The number of ketones is 1. The fourth-order valence-corrected chi connectivity index (χ4v) is 2.98. The van der Waals surface area contributed by atoms with Gasteiger partial charge in [-0.1, -0.05) is 11.3 Å². The Morgan fingerprint density at radius 2 is 2.19 bits per heavy atom. The third-order valence-electron chi connectivity index (χ3n) is 4.52. The lowest BCUT2D eigenvalue weighted by Gasteiger charge is -2.26. The minimum absolute atomic E-state index is 0.0266. The van der Waals surface area contributed by atoms with E-state index in [1.165, 1.54) is 0 Å². The molecule has 1 saturated heterocycles. The summed E-state index contributed by atoms with van der Waals surface area (Å²) >= 11 is 0. The Bertz CT molecular complexity index is 870. The van der Waals surface area contributed by atoms with Crippen molar-refractivity contribution >= 4 is 11.4 Å². The number of aryl methyl sites for hydroxylation is 2. The van der Waals surface area contributed by atoms with E-state index in [-0.39, 0.29) is 18.7 Å². The number of nitrogens with zero attached hydrogens (tertiary/aromatic N) is 4. The fourth-order valence-electron chi connectivity index (χ4n) is 2.98. The molecule has 8 nitrogen and oxygen atoms in total. The lowest BCUT2D eigenvalue weighted by molar-refractivity contribution is -0.221. The Kier molecular flexibility index (Phi) is 4.62. The van der Waals surface area contributed by atoms with Gasteiger partial charge in [0.1, 0.15) is 12.3 Å². The van der Waals surface area contributed by atoms with Crippen LogP contribution < -0.4 is 0 Å². The minimum Gasteiger partial charge on any atom is -0.369 e. The Labute approximate surface area is 150 Å². The molecule has 8 heteroatoms. The summed E-state index contributed by atoms with van der Waals surface area (Å²) in [5, 5.41) is 8.34. The molecule has 2 aromatic rings. The Balaban J connectivity index is 1.60. The zero-order valence-corrected chi connectivity index (χ0v) is 14.8. The van der Waals surface area contributed by atoms with E-state index in [1.807, 2.05) is 26.1 Å². The van der Waals surface area contributed by atoms with E-state index >= 15 is 0 Å². The van der Waals surface area contributed by atoms with Crippen LogP contribution in [0.5, 0.6) is 0 Å². The molecule has 0 bridgehead atoms. The molecule has 2 aliphatic heterocycles. The number of carbonyl (C=O) groups excluding carboxylic acids is 1. The second kappa shape index (κ2) is 7.06. The quantitative estimate of drug-likeness (QED) is 0.801. The molecule has 1 unspecified atom stereocenters. The van der Waals surface area contributed by atoms with Gasteiger partial charge in [-0.25, -0.2) is 4.68 Å². The Hall–Kier alpha value is -2.42. The minimum atomic E-state index is -0.148. The summed E-state index contributed by atoms with van der Waals surface area (Å²) in [5.41, 5.74) is 4.82. The smallest absolute Gasteiger partial charge is 0.181 e. The Morgan fingerprint density at radius 3 is 2.88 bits per heavy atom. The first kappa shape index (κ1) is 17.0. The maximum absolute atomic E-state index is 11.6. The number of aromatic nitrogens is 4. The van der Waals surface area contributed by atoms with Crippen molar-refractivity contribution in [2.45, 2.75) is 26.2 Å². The van der Waals surface area contributed by atoms with Crippen LogP contribution in [0.15, 0.2) is 18.2 Å². The van der Waals surface area contributed by atoms with Gasteiger partial charge >= 0.3 is 0 Å². The molecule has 1 fully saturated rings. The van der Waals surface area contributed by atoms with Crippen LogP contribution in [-0.4, -0.2) is 51.9 Å². The van der Waals surface area contributed by atoms with Gasteiger partial charge in [-0.3, -0.25) is 9.78 Å². The molecule has 4 rings (SSSR count). The summed E-state index contributed by atoms with van der Waals surface area (Å²) in [4.78, 5) is 16.3. The topological polar surface area (TPSA) is 88.4 Å². The van der Waals surface area contributed by atoms with E-state index in [0.717, 1.165) is 41.2 Å². The molecule has 0 N–H and O–H groups in total. The second-order valence-corrected chi connectivity index (χ2v) is 6.37. The third-order valence-corrected chi connectivity index (χ3v) is 4.52. The summed E-state index contributed by atoms with van der Waals surface area (Å²) in [6.45, 7) is 3.57. The van der Waals surface area contributed by atoms with Gasteiger partial charge in [-0.05, 0) is 24.6 Å². The average molecular weight is 356 g/mol. The number of pyridine rings is 1. The van der Waals surface area contributed by atoms with Gasteiger partial charge < -0.3 is 14.2 Å². The molecule has 0 saturated carbocycles. The maximum Gasteiger partial charge on any atom is 0.181 e. The molecular formula is C18H20N4O4. The molecule has 0 aromatic carbocycles. The van der Waals surface area contributed by atoms with Gasteiger partial charge in [0.15, 0.2) is 12.1 Å². The highest BCUT2D eigenvalue weighted by Crippen LogP contribution is 2.26. The van der Waals surface area contributed by atoms with Crippen molar-refractivity contribution in [2.24, 2.45) is 7.05 Å². The van der Waals surface area contributed by atoms with Crippen LogP contribution in [0, 0.1) is 6.92 Å². The standard InChI is InChI=1S/C18H20N4O4/c1-11-14(12-7-13(23)9-24-8-12)3-4-15(19-11)18-16(22(2)21-20-18)10-26-17-5-6-25-17/h3-4,7,17H,5-6,8-10H2,1-2H3.